The molecule has 0 atom stereocenters. The van der Waals surface area contributed by atoms with E-state index in [2.05, 4.69) is 20.2 Å². The molecule has 2 heterocycles. The Morgan fingerprint density at radius 2 is 1.88 bits per heavy atom. The van der Waals surface area contributed by atoms with Crippen LogP contribution < -0.4 is 5.32 Å². The Bertz CT molecular complexity index is 747. The number of likely N-dealkylation sites (N-methyl/N-ethyl adjacent to an activating group) is 1. The lowest BCUT2D eigenvalue weighted by molar-refractivity contribution is 0.0658. The lowest BCUT2D eigenvalue weighted by Gasteiger charge is -2.32. The summed E-state index contributed by atoms with van der Waals surface area (Å²) >= 11 is 12.1. The molecule has 1 aromatic heterocycles. The molecule has 8 heteroatoms. The third-order valence-corrected chi connectivity index (χ3v) is 4.43. The molecule has 1 fully saturated rings. The van der Waals surface area contributed by atoms with Gasteiger partial charge < -0.3 is 15.1 Å². The number of anilines is 2. The highest BCUT2D eigenvalue weighted by molar-refractivity contribution is 6.35. The van der Waals surface area contributed by atoms with Crippen molar-refractivity contribution in [1.82, 2.24) is 19.8 Å². The number of hydrogen-bond acceptors (Lipinski definition) is 5. The SMILES string of the molecule is CN1CCN(C(=O)c2cc(Nc3cc(Cl)ccc3Cl)ncn2)CC1. The molecule has 2 aromatic rings. The number of carbonyl (C=O) groups excluding carboxylic acids is 1. The molecule has 0 unspecified atom stereocenters. The molecular formula is C16H17Cl2N5O. The van der Waals surface area contributed by atoms with Crippen LogP contribution in [0.25, 0.3) is 0 Å². The molecular weight excluding hydrogens is 349 g/mol. The monoisotopic (exact) mass is 365 g/mol. The van der Waals surface area contributed by atoms with Gasteiger partial charge in [-0.15, -0.1) is 0 Å². The zero-order chi connectivity index (χ0) is 17.1. The Morgan fingerprint density at radius 3 is 2.62 bits per heavy atom. The van der Waals surface area contributed by atoms with E-state index in [1.807, 2.05) is 7.05 Å². The van der Waals surface area contributed by atoms with Gasteiger partial charge in [0.05, 0.1) is 10.7 Å². The summed E-state index contributed by atoms with van der Waals surface area (Å²) in [4.78, 5) is 24.8. The standard InChI is InChI=1S/C16H17Cl2N5O/c1-22-4-6-23(7-5-22)16(24)14-9-15(20-10-19-14)21-13-8-11(17)2-3-12(13)18/h2-3,8-10H,4-7H2,1H3,(H,19,20,21). The van der Waals surface area contributed by atoms with Gasteiger partial charge in [0, 0.05) is 37.3 Å². The summed E-state index contributed by atoms with van der Waals surface area (Å²) in [6.45, 7) is 3.12. The van der Waals surface area contributed by atoms with Crippen LogP contribution in [-0.2, 0) is 0 Å². The number of amides is 1. The molecule has 0 bridgehead atoms. The average Bonchev–Trinajstić information content (AvgIpc) is 2.58. The Hall–Kier alpha value is -1.89. The third kappa shape index (κ3) is 3.95. The van der Waals surface area contributed by atoms with Crippen molar-refractivity contribution >= 4 is 40.6 Å². The van der Waals surface area contributed by atoms with Crippen molar-refractivity contribution in [3.63, 3.8) is 0 Å². The van der Waals surface area contributed by atoms with Crippen molar-refractivity contribution in [2.24, 2.45) is 0 Å². The number of nitrogens with one attached hydrogen (secondary N) is 1. The van der Waals surface area contributed by atoms with Crippen molar-refractivity contribution in [1.29, 1.82) is 0 Å². The van der Waals surface area contributed by atoms with E-state index in [4.69, 9.17) is 23.2 Å². The summed E-state index contributed by atoms with van der Waals surface area (Å²) in [6, 6.07) is 6.73. The second-order valence-electron chi connectivity index (χ2n) is 5.63. The molecule has 126 valence electrons. The molecule has 0 aliphatic carbocycles. The molecule has 1 saturated heterocycles. The van der Waals surface area contributed by atoms with E-state index in [-0.39, 0.29) is 5.91 Å². The summed E-state index contributed by atoms with van der Waals surface area (Å²) in [5, 5.41) is 4.15. The predicted molar refractivity (Wildman–Crippen MR) is 95.2 cm³/mol. The molecule has 3 rings (SSSR count). The maximum atomic E-state index is 12.6. The lowest BCUT2D eigenvalue weighted by atomic mass is 10.2. The predicted octanol–water partition coefficient (Wildman–Crippen LogP) is 2.91. The molecule has 6 nitrogen and oxygen atoms in total. The highest BCUT2D eigenvalue weighted by Gasteiger charge is 2.21. The van der Waals surface area contributed by atoms with Crippen LogP contribution in [0.1, 0.15) is 10.5 Å². The lowest BCUT2D eigenvalue weighted by Crippen LogP contribution is -2.47. The Kier molecular flexibility index (Phi) is 5.18. The second-order valence-corrected chi connectivity index (χ2v) is 6.48. The fourth-order valence-electron chi connectivity index (χ4n) is 2.45. The first-order valence-electron chi connectivity index (χ1n) is 7.55. The molecule has 0 spiro atoms. The first-order chi connectivity index (χ1) is 11.5. The fraction of sp³-hybridized carbons (Fsp3) is 0.312. The van der Waals surface area contributed by atoms with Gasteiger partial charge in [0.1, 0.15) is 17.8 Å². The van der Waals surface area contributed by atoms with Gasteiger partial charge in [0.2, 0.25) is 0 Å². The third-order valence-electron chi connectivity index (χ3n) is 3.87. The Labute approximate surface area is 150 Å². The molecule has 24 heavy (non-hydrogen) atoms. The van der Waals surface area contributed by atoms with Crippen LogP contribution in [0.2, 0.25) is 10.0 Å². The summed E-state index contributed by atoms with van der Waals surface area (Å²) in [5.74, 6) is 0.400. The van der Waals surface area contributed by atoms with Gasteiger partial charge in [-0.2, -0.15) is 0 Å². The summed E-state index contributed by atoms with van der Waals surface area (Å²) in [7, 11) is 2.04. The van der Waals surface area contributed by atoms with Crippen LogP contribution in [0.5, 0.6) is 0 Å². The number of halogens is 2. The highest BCUT2D eigenvalue weighted by atomic mass is 35.5. The van der Waals surface area contributed by atoms with E-state index in [1.165, 1.54) is 6.33 Å². The number of rotatable bonds is 3. The molecule has 1 amide bonds. The van der Waals surface area contributed by atoms with Crippen LogP contribution in [0.15, 0.2) is 30.6 Å². The van der Waals surface area contributed by atoms with Gasteiger partial charge in [-0.1, -0.05) is 23.2 Å². The van der Waals surface area contributed by atoms with E-state index in [0.29, 0.717) is 40.3 Å². The average molecular weight is 366 g/mol. The van der Waals surface area contributed by atoms with E-state index in [0.717, 1.165) is 13.1 Å². The first-order valence-corrected chi connectivity index (χ1v) is 8.30. The number of piperazine rings is 1. The Balaban J connectivity index is 1.76. The van der Waals surface area contributed by atoms with Gasteiger partial charge >= 0.3 is 0 Å². The normalized spacial score (nSPS) is 15.4. The van der Waals surface area contributed by atoms with Crippen LogP contribution in [-0.4, -0.2) is 58.9 Å². The van der Waals surface area contributed by atoms with Crippen LogP contribution >= 0.6 is 23.2 Å². The van der Waals surface area contributed by atoms with E-state index < -0.39 is 0 Å². The van der Waals surface area contributed by atoms with Crippen LogP contribution in [0, 0.1) is 0 Å². The summed E-state index contributed by atoms with van der Waals surface area (Å²) in [5.41, 5.74) is 0.982. The smallest absolute Gasteiger partial charge is 0.272 e. The summed E-state index contributed by atoms with van der Waals surface area (Å²) < 4.78 is 0. The van der Waals surface area contributed by atoms with E-state index in [1.54, 1.807) is 29.2 Å². The van der Waals surface area contributed by atoms with Crippen molar-refractivity contribution < 1.29 is 4.79 Å². The number of hydrogen-bond donors (Lipinski definition) is 1. The molecule has 1 aliphatic rings. The molecule has 0 radical (unpaired) electrons. The maximum absolute atomic E-state index is 12.6. The van der Waals surface area contributed by atoms with E-state index >= 15 is 0 Å². The molecule has 1 aliphatic heterocycles. The zero-order valence-electron chi connectivity index (χ0n) is 13.2. The van der Waals surface area contributed by atoms with Crippen molar-refractivity contribution in [3.05, 3.63) is 46.3 Å². The van der Waals surface area contributed by atoms with Gasteiger partial charge in [0.15, 0.2) is 0 Å². The Morgan fingerprint density at radius 1 is 1.12 bits per heavy atom. The second kappa shape index (κ2) is 7.34. The molecule has 0 saturated carbocycles. The number of benzene rings is 1. The minimum atomic E-state index is -0.0919. The van der Waals surface area contributed by atoms with Gasteiger partial charge in [-0.05, 0) is 25.2 Å². The number of carbonyl (C=O) groups is 1. The van der Waals surface area contributed by atoms with Gasteiger partial charge in [-0.3, -0.25) is 4.79 Å². The van der Waals surface area contributed by atoms with Gasteiger partial charge in [-0.25, -0.2) is 9.97 Å². The largest absolute Gasteiger partial charge is 0.339 e. The highest BCUT2D eigenvalue weighted by Crippen LogP contribution is 2.27. The molecule has 1 aromatic carbocycles. The van der Waals surface area contributed by atoms with Crippen molar-refractivity contribution in [2.75, 3.05) is 38.5 Å². The minimum absolute atomic E-state index is 0.0919. The molecule has 1 N–H and O–H groups in total. The fourth-order valence-corrected chi connectivity index (χ4v) is 2.78. The minimum Gasteiger partial charge on any atom is -0.339 e. The van der Waals surface area contributed by atoms with Gasteiger partial charge in [0.25, 0.3) is 5.91 Å². The number of nitrogens with zero attached hydrogens (tertiary/aromatic N) is 4. The van der Waals surface area contributed by atoms with Crippen molar-refractivity contribution in [2.45, 2.75) is 0 Å². The maximum Gasteiger partial charge on any atom is 0.272 e. The summed E-state index contributed by atoms with van der Waals surface area (Å²) in [6.07, 6.45) is 1.37. The first kappa shape index (κ1) is 17.0. The van der Waals surface area contributed by atoms with E-state index in [9.17, 15) is 4.79 Å². The van der Waals surface area contributed by atoms with Crippen LogP contribution in [0.3, 0.4) is 0 Å². The van der Waals surface area contributed by atoms with Crippen molar-refractivity contribution in [3.8, 4) is 0 Å². The topological polar surface area (TPSA) is 61.4 Å². The van der Waals surface area contributed by atoms with Crippen LogP contribution in [0.4, 0.5) is 11.5 Å². The zero-order valence-corrected chi connectivity index (χ0v) is 14.7. The quantitative estimate of drug-likeness (QED) is 0.905. The number of aromatic nitrogens is 2.